The van der Waals surface area contributed by atoms with E-state index in [0.29, 0.717) is 12.6 Å². The van der Waals surface area contributed by atoms with Gasteiger partial charge in [0.2, 0.25) is 0 Å². The van der Waals surface area contributed by atoms with E-state index in [4.69, 9.17) is 4.74 Å². The molecule has 0 bridgehead atoms. The zero-order valence-electron chi connectivity index (χ0n) is 9.04. The van der Waals surface area contributed by atoms with Crippen molar-refractivity contribution in [3.05, 3.63) is 16.1 Å². The Bertz CT molecular complexity index is 262. The highest BCUT2D eigenvalue weighted by molar-refractivity contribution is 7.11. The van der Waals surface area contributed by atoms with Gasteiger partial charge >= 0.3 is 0 Å². The van der Waals surface area contributed by atoms with E-state index in [1.807, 2.05) is 13.1 Å². The Labute approximate surface area is 89.5 Å². The van der Waals surface area contributed by atoms with E-state index in [2.05, 4.69) is 17.2 Å². The van der Waals surface area contributed by atoms with Gasteiger partial charge in [-0.15, -0.1) is 11.3 Å². The summed E-state index contributed by atoms with van der Waals surface area (Å²) in [5.74, 6) is 0. The lowest BCUT2D eigenvalue weighted by Crippen LogP contribution is -2.25. The van der Waals surface area contributed by atoms with Crippen molar-refractivity contribution in [1.29, 1.82) is 0 Å². The smallest absolute Gasteiger partial charge is 0.0897 e. The van der Waals surface area contributed by atoms with Crippen LogP contribution >= 0.6 is 11.3 Å². The molecule has 0 aliphatic carbocycles. The Hall–Kier alpha value is -0.450. The molecule has 80 valence electrons. The van der Waals surface area contributed by atoms with Crippen LogP contribution in [0.25, 0.3) is 0 Å². The van der Waals surface area contributed by atoms with Crippen LogP contribution in [0.2, 0.25) is 0 Å². The molecular weight excluding hydrogens is 196 g/mol. The summed E-state index contributed by atoms with van der Waals surface area (Å²) in [5.41, 5.74) is 0. The minimum absolute atomic E-state index is 0.297. The summed E-state index contributed by atoms with van der Waals surface area (Å²) in [6.07, 6.45) is 3.07. The molecule has 0 saturated carbocycles. The second-order valence-electron chi connectivity index (χ2n) is 3.24. The molecule has 1 N–H and O–H groups in total. The van der Waals surface area contributed by atoms with E-state index < -0.39 is 0 Å². The summed E-state index contributed by atoms with van der Waals surface area (Å²) >= 11 is 1.73. The van der Waals surface area contributed by atoms with Gasteiger partial charge in [-0.1, -0.05) is 6.92 Å². The number of rotatable bonds is 6. The highest BCUT2D eigenvalue weighted by atomic mass is 32.1. The standard InChI is InChI=1S/C10H18N2OS/c1-4-5-11-9(7-13-3)10-6-12-8(2)14-10/h6,9,11H,4-5,7H2,1-3H3. The van der Waals surface area contributed by atoms with Crippen molar-refractivity contribution in [3.8, 4) is 0 Å². The summed E-state index contributed by atoms with van der Waals surface area (Å²) < 4.78 is 5.18. The molecule has 1 aromatic rings. The SMILES string of the molecule is CCCNC(COC)c1cnc(C)s1. The number of nitrogens with one attached hydrogen (secondary N) is 1. The maximum atomic E-state index is 5.18. The molecule has 3 nitrogen and oxygen atoms in total. The Morgan fingerprint density at radius 3 is 2.93 bits per heavy atom. The second-order valence-corrected chi connectivity index (χ2v) is 4.51. The van der Waals surface area contributed by atoms with Gasteiger partial charge in [-0.05, 0) is 19.9 Å². The molecule has 1 aromatic heterocycles. The lowest BCUT2D eigenvalue weighted by molar-refractivity contribution is 0.168. The molecule has 0 spiro atoms. The lowest BCUT2D eigenvalue weighted by Gasteiger charge is -2.15. The van der Waals surface area contributed by atoms with Crippen LogP contribution in [0.3, 0.4) is 0 Å². The van der Waals surface area contributed by atoms with Crippen molar-refractivity contribution >= 4 is 11.3 Å². The van der Waals surface area contributed by atoms with Gasteiger partial charge in [0, 0.05) is 18.2 Å². The summed E-state index contributed by atoms with van der Waals surface area (Å²) in [7, 11) is 1.73. The Morgan fingerprint density at radius 2 is 2.43 bits per heavy atom. The third kappa shape index (κ3) is 3.36. The average Bonchev–Trinajstić information content (AvgIpc) is 2.59. The van der Waals surface area contributed by atoms with Crippen LogP contribution in [0.5, 0.6) is 0 Å². The Morgan fingerprint density at radius 1 is 1.64 bits per heavy atom. The number of hydrogen-bond donors (Lipinski definition) is 1. The fraction of sp³-hybridized carbons (Fsp3) is 0.700. The number of thiazole rings is 1. The second kappa shape index (κ2) is 6.11. The molecule has 14 heavy (non-hydrogen) atoms. The van der Waals surface area contributed by atoms with E-state index in [9.17, 15) is 0 Å². The van der Waals surface area contributed by atoms with Crippen LogP contribution < -0.4 is 5.32 Å². The zero-order valence-corrected chi connectivity index (χ0v) is 9.86. The van der Waals surface area contributed by atoms with Crippen molar-refractivity contribution in [1.82, 2.24) is 10.3 Å². The number of ether oxygens (including phenoxy) is 1. The molecule has 0 aliphatic rings. The van der Waals surface area contributed by atoms with Crippen LogP contribution in [0.15, 0.2) is 6.20 Å². The van der Waals surface area contributed by atoms with Gasteiger partial charge in [0.05, 0.1) is 17.7 Å². The molecule has 4 heteroatoms. The highest BCUT2D eigenvalue weighted by Crippen LogP contribution is 2.20. The first-order valence-electron chi connectivity index (χ1n) is 4.92. The van der Waals surface area contributed by atoms with Crippen molar-refractivity contribution in [2.45, 2.75) is 26.3 Å². The van der Waals surface area contributed by atoms with Crippen LogP contribution in [0.1, 0.15) is 29.3 Å². The summed E-state index contributed by atoms with van der Waals surface area (Å²) in [4.78, 5) is 5.51. The van der Waals surface area contributed by atoms with Gasteiger partial charge in [0.1, 0.15) is 0 Å². The van der Waals surface area contributed by atoms with Gasteiger partial charge in [-0.3, -0.25) is 0 Å². The quantitative estimate of drug-likeness (QED) is 0.788. The summed E-state index contributed by atoms with van der Waals surface area (Å²) in [5, 5.41) is 4.56. The first kappa shape index (κ1) is 11.6. The van der Waals surface area contributed by atoms with Crippen LogP contribution in [0, 0.1) is 6.92 Å². The third-order valence-corrected chi connectivity index (χ3v) is 2.98. The number of aryl methyl sites for hydroxylation is 1. The van der Waals surface area contributed by atoms with Gasteiger partial charge in [0.15, 0.2) is 0 Å². The Balaban J connectivity index is 2.57. The molecule has 0 saturated heterocycles. The molecule has 1 rings (SSSR count). The lowest BCUT2D eigenvalue weighted by atomic mass is 10.2. The summed E-state index contributed by atoms with van der Waals surface area (Å²) in [6.45, 7) is 5.92. The maximum Gasteiger partial charge on any atom is 0.0897 e. The minimum Gasteiger partial charge on any atom is -0.383 e. The fourth-order valence-electron chi connectivity index (χ4n) is 1.27. The van der Waals surface area contributed by atoms with E-state index in [1.165, 1.54) is 4.88 Å². The van der Waals surface area contributed by atoms with Crippen LogP contribution in [0.4, 0.5) is 0 Å². The Kier molecular flexibility index (Phi) is 5.07. The molecule has 1 unspecified atom stereocenters. The molecule has 0 amide bonds. The monoisotopic (exact) mass is 214 g/mol. The van der Waals surface area contributed by atoms with E-state index in [0.717, 1.165) is 18.0 Å². The van der Waals surface area contributed by atoms with Crippen LogP contribution in [-0.2, 0) is 4.74 Å². The van der Waals surface area contributed by atoms with Gasteiger partial charge in [0.25, 0.3) is 0 Å². The molecule has 0 radical (unpaired) electrons. The van der Waals surface area contributed by atoms with Crippen molar-refractivity contribution in [2.24, 2.45) is 0 Å². The van der Waals surface area contributed by atoms with Crippen molar-refractivity contribution in [2.75, 3.05) is 20.3 Å². The van der Waals surface area contributed by atoms with Gasteiger partial charge in [-0.25, -0.2) is 4.98 Å². The fourth-order valence-corrected chi connectivity index (χ4v) is 2.11. The molecule has 1 heterocycles. The summed E-state index contributed by atoms with van der Waals surface area (Å²) in [6, 6.07) is 0.297. The van der Waals surface area contributed by atoms with E-state index in [-0.39, 0.29) is 0 Å². The molecule has 0 aliphatic heterocycles. The normalized spacial score (nSPS) is 13.1. The number of aromatic nitrogens is 1. The largest absolute Gasteiger partial charge is 0.383 e. The zero-order chi connectivity index (χ0) is 10.4. The van der Waals surface area contributed by atoms with Crippen molar-refractivity contribution < 1.29 is 4.74 Å². The average molecular weight is 214 g/mol. The molecule has 0 fully saturated rings. The van der Waals surface area contributed by atoms with Crippen LogP contribution in [-0.4, -0.2) is 25.2 Å². The number of hydrogen-bond acceptors (Lipinski definition) is 4. The highest BCUT2D eigenvalue weighted by Gasteiger charge is 2.12. The topological polar surface area (TPSA) is 34.1 Å². The molecular formula is C10H18N2OS. The van der Waals surface area contributed by atoms with E-state index in [1.54, 1.807) is 18.4 Å². The minimum atomic E-state index is 0.297. The maximum absolute atomic E-state index is 5.18. The van der Waals surface area contributed by atoms with E-state index >= 15 is 0 Å². The number of nitrogens with zero attached hydrogens (tertiary/aromatic N) is 1. The molecule has 0 aromatic carbocycles. The first-order valence-corrected chi connectivity index (χ1v) is 5.74. The first-order chi connectivity index (χ1) is 6.77. The predicted molar refractivity (Wildman–Crippen MR) is 59.8 cm³/mol. The van der Waals surface area contributed by atoms with Crippen molar-refractivity contribution in [3.63, 3.8) is 0 Å². The van der Waals surface area contributed by atoms with Gasteiger partial charge < -0.3 is 10.1 Å². The predicted octanol–water partition coefficient (Wildman–Crippen LogP) is 2.14. The third-order valence-electron chi connectivity index (χ3n) is 1.96. The number of methoxy groups -OCH3 is 1. The molecule has 1 atom stereocenters. The van der Waals surface area contributed by atoms with Gasteiger partial charge in [-0.2, -0.15) is 0 Å².